The molecule has 3 N–H and O–H groups in total. The summed E-state index contributed by atoms with van der Waals surface area (Å²) in [6, 6.07) is 9.41. The molecule has 0 radical (unpaired) electrons. The molecule has 1 aromatic carbocycles. The number of primary amides is 1. The number of benzene rings is 1. The molecule has 21 heavy (non-hydrogen) atoms. The number of carbonyl (C=O) groups is 2. The summed E-state index contributed by atoms with van der Waals surface area (Å²) in [6.45, 7) is 0.604. The first-order chi connectivity index (χ1) is 10.2. The predicted octanol–water partition coefficient (Wildman–Crippen LogP) is 1.16. The molecular formula is C16H22N2O3. The maximum Gasteiger partial charge on any atom is 0.249 e. The van der Waals surface area contributed by atoms with Gasteiger partial charge in [0.15, 0.2) is 0 Å². The summed E-state index contributed by atoms with van der Waals surface area (Å²) >= 11 is 0. The Kier molecular flexibility index (Phi) is 5.75. The molecule has 0 aromatic heterocycles. The molecule has 1 fully saturated rings. The highest BCUT2D eigenvalue weighted by molar-refractivity contribution is 5.88. The third-order valence-electron chi connectivity index (χ3n) is 3.68. The molecule has 2 amide bonds. The highest BCUT2D eigenvalue weighted by Gasteiger charge is 2.27. The number of hydrogen-bond acceptors (Lipinski definition) is 3. The van der Waals surface area contributed by atoms with E-state index in [0.29, 0.717) is 19.4 Å². The zero-order valence-corrected chi connectivity index (χ0v) is 12.1. The molecule has 1 aliphatic rings. The van der Waals surface area contributed by atoms with Crippen LogP contribution in [-0.4, -0.2) is 30.6 Å². The number of aryl methyl sites for hydroxylation is 1. The minimum Gasteiger partial charge on any atom is -0.368 e. The van der Waals surface area contributed by atoms with Crippen LogP contribution in [0.3, 0.4) is 0 Å². The average Bonchev–Trinajstić information content (AvgIpc) is 3.01. The summed E-state index contributed by atoms with van der Waals surface area (Å²) in [4.78, 5) is 23.4. The van der Waals surface area contributed by atoms with Crippen LogP contribution in [0, 0.1) is 0 Å². The lowest BCUT2D eigenvalue weighted by molar-refractivity contribution is -0.133. The minimum absolute atomic E-state index is 0.226. The highest BCUT2D eigenvalue weighted by Crippen LogP contribution is 2.13. The number of nitrogens with one attached hydrogen (secondary N) is 1. The third-order valence-corrected chi connectivity index (χ3v) is 3.68. The van der Waals surface area contributed by atoms with Gasteiger partial charge < -0.3 is 15.8 Å². The second kappa shape index (κ2) is 7.78. The van der Waals surface area contributed by atoms with Crippen LogP contribution in [0.4, 0.5) is 0 Å². The van der Waals surface area contributed by atoms with Gasteiger partial charge in [0, 0.05) is 6.61 Å². The summed E-state index contributed by atoms with van der Waals surface area (Å²) < 4.78 is 5.30. The molecule has 1 heterocycles. The van der Waals surface area contributed by atoms with Crippen LogP contribution in [0.15, 0.2) is 30.3 Å². The molecule has 1 aromatic rings. The molecule has 1 saturated heterocycles. The first-order valence-corrected chi connectivity index (χ1v) is 7.42. The van der Waals surface area contributed by atoms with Crippen molar-refractivity contribution < 1.29 is 14.3 Å². The van der Waals surface area contributed by atoms with E-state index in [9.17, 15) is 9.59 Å². The van der Waals surface area contributed by atoms with Gasteiger partial charge in [-0.2, -0.15) is 0 Å². The molecule has 0 saturated carbocycles. The van der Waals surface area contributed by atoms with Crippen LogP contribution in [-0.2, 0) is 20.7 Å². The van der Waals surface area contributed by atoms with E-state index in [4.69, 9.17) is 10.5 Å². The van der Waals surface area contributed by atoms with Crippen molar-refractivity contribution in [1.29, 1.82) is 0 Å². The van der Waals surface area contributed by atoms with Crippen LogP contribution in [0.5, 0.6) is 0 Å². The Hall–Kier alpha value is -1.88. The first kappa shape index (κ1) is 15.5. The van der Waals surface area contributed by atoms with Gasteiger partial charge in [-0.1, -0.05) is 30.3 Å². The maximum absolute atomic E-state index is 11.9. The van der Waals surface area contributed by atoms with Crippen LogP contribution < -0.4 is 11.1 Å². The van der Waals surface area contributed by atoms with Crippen molar-refractivity contribution in [3.8, 4) is 0 Å². The van der Waals surface area contributed by atoms with E-state index in [1.165, 1.54) is 5.56 Å². The lowest BCUT2D eigenvalue weighted by Gasteiger charge is -2.17. The lowest BCUT2D eigenvalue weighted by Crippen LogP contribution is -2.48. The molecule has 0 aliphatic carbocycles. The van der Waals surface area contributed by atoms with Crippen molar-refractivity contribution in [1.82, 2.24) is 5.32 Å². The third kappa shape index (κ3) is 4.86. The van der Waals surface area contributed by atoms with Crippen molar-refractivity contribution in [3.63, 3.8) is 0 Å². The molecule has 0 spiro atoms. The monoisotopic (exact) mass is 290 g/mol. The van der Waals surface area contributed by atoms with Crippen LogP contribution >= 0.6 is 0 Å². The molecule has 0 bridgehead atoms. The second-order valence-electron chi connectivity index (χ2n) is 5.34. The van der Waals surface area contributed by atoms with Crippen molar-refractivity contribution in [2.24, 2.45) is 5.73 Å². The van der Waals surface area contributed by atoms with E-state index in [1.54, 1.807) is 0 Å². The first-order valence-electron chi connectivity index (χ1n) is 7.42. The van der Waals surface area contributed by atoms with Gasteiger partial charge in [0.25, 0.3) is 0 Å². The Labute approximate surface area is 124 Å². The molecule has 2 atom stereocenters. The van der Waals surface area contributed by atoms with E-state index < -0.39 is 18.1 Å². The molecular weight excluding hydrogens is 268 g/mol. The fraction of sp³-hybridized carbons (Fsp3) is 0.500. The van der Waals surface area contributed by atoms with Gasteiger partial charge in [-0.3, -0.25) is 9.59 Å². The summed E-state index contributed by atoms with van der Waals surface area (Å²) in [5.74, 6) is -0.717. The molecule has 1 aliphatic heterocycles. The van der Waals surface area contributed by atoms with Gasteiger partial charge in [0.2, 0.25) is 11.8 Å². The van der Waals surface area contributed by atoms with E-state index in [-0.39, 0.29) is 5.91 Å². The molecule has 2 rings (SSSR count). The van der Waals surface area contributed by atoms with Gasteiger partial charge >= 0.3 is 0 Å². The lowest BCUT2D eigenvalue weighted by atomic mass is 10.0. The number of ether oxygens (including phenoxy) is 1. The smallest absolute Gasteiger partial charge is 0.249 e. The standard InChI is InChI=1S/C16H22N2O3/c17-15(19)13(18-16(20)14-10-5-11-21-14)9-4-8-12-6-2-1-3-7-12/h1-3,6-7,13-14H,4-5,8-11H2,(H2,17,19)(H,18,20)/t13-,14-/m0/s1. The number of nitrogens with two attached hydrogens (primary N) is 1. The van der Waals surface area contributed by atoms with E-state index in [0.717, 1.165) is 19.3 Å². The van der Waals surface area contributed by atoms with Gasteiger partial charge in [-0.15, -0.1) is 0 Å². The van der Waals surface area contributed by atoms with Crippen LogP contribution in [0.2, 0.25) is 0 Å². The Balaban J connectivity index is 1.79. The zero-order valence-electron chi connectivity index (χ0n) is 12.1. The van der Waals surface area contributed by atoms with Crippen molar-refractivity contribution in [3.05, 3.63) is 35.9 Å². The second-order valence-corrected chi connectivity index (χ2v) is 5.34. The average molecular weight is 290 g/mol. The zero-order chi connectivity index (χ0) is 15.1. The maximum atomic E-state index is 11.9. The minimum atomic E-state index is -0.620. The Morgan fingerprint density at radius 2 is 2.10 bits per heavy atom. The Bertz CT molecular complexity index is 470. The number of carbonyl (C=O) groups excluding carboxylic acids is 2. The number of hydrogen-bond donors (Lipinski definition) is 2. The Morgan fingerprint density at radius 1 is 1.33 bits per heavy atom. The van der Waals surface area contributed by atoms with Crippen LogP contribution in [0.1, 0.15) is 31.2 Å². The number of rotatable bonds is 7. The van der Waals surface area contributed by atoms with Gasteiger partial charge in [0.05, 0.1) is 0 Å². The molecule has 5 heteroatoms. The van der Waals surface area contributed by atoms with Gasteiger partial charge in [0.1, 0.15) is 12.1 Å². The van der Waals surface area contributed by atoms with Gasteiger partial charge in [-0.05, 0) is 37.7 Å². The van der Waals surface area contributed by atoms with E-state index in [2.05, 4.69) is 5.32 Å². The summed E-state index contributed by atoms with van der Waals surface area (Å²) in [5.41, 5.74) is 6.58. The van der Waals surface area contributed by atoms with E-state index >= 15 is 0 Å². The topological polar surface area (TPSA) is 81.4 Å². The predicted molar refractivity (Wildman–Crippen MR) is 79.5 cm³/mol. The largest absolute Gasteiger partial charge is 0.368 e. The van der Waals surface area contributed by atoms with Crippen molar-refractivity contribution in [2.45, 2.75) is 44.2 Å². The quantitative estimate of drug-likeness (QED) is 0.790. The van der Waals surface area contributed by atoms with E-state index in [1.807, 2.05) is 30.3 Å². The molecule has 0 unspecified atom stereocenters. The highest BCUT2D eigenvalue weighted by atomic mass is 16.5. The molecule has 5 nitrogen and oxygen atoms in total. The molecule has 114 valence electrons. The normalized spacial score (nSPS) is 19.1. The fourth-order valence-electron chi connectivity index (χ4n) is 2.49. The number of amides is 2. The van der Waals surface area contributed by atoms with Crippen molar-refractivity contribution >= 4 is 11.8 Å². The van der Waals surface area contributed by atoms with Gasteiger partial charge in [-0.25, -0.2) is 0 Å². The van der Waals surface area contributed by atoms with Crippen molar-refractivity contribution in [2.75, 3.05) is 6.61 Å². The summed E-state index contributed by atoms with van der Waals surface area (Å²) in [7, 11) is 0. The fourth-order valence-corrected chi connectivity index (χ4v) is 2.49. The Morgan fingerprint density at radius 3 is 2.71 bits per heavy atom. The van der Waals surface area contributed by atoms with Crippen LogP contribution in [0.25, 0.3) is 0 Å². The summed E-state index contributed by atoms with van der Waals surface area (Å²) in [6.07, 6.45) is 3.36. The summed E-state index contributed by atoms with van der Waals surface area (Å²) in [5, 5.41) is 2.71. The SMILES string of the molecule is NC(=O)[C@H](CCCc1ccccc1)NC(=O)[C@@H]1CCCO1.